The summed E-state index contributed by atoms with van der Waals surface area (Å²) in [6.45, 7) is 1.73. The van der Waals surface area contributed by atoms with E-state index in [-0.39, 0.29) is 16.8 Å². The molecule has 0 fully saturated rings. The second kappa shape index (κ2) is 5.52. The molecule has 3 N–H and O–H groups in total. The van der Waals surface area contributed by atoms with E-state index in [9.17, 15) is 14.0 Å². The van der Waals surface area contributed by atoms with E-state index in [2.05, 4.69) is 5.32 Å². The molecule has 0 aromatic heterocycles. The lowest BCUT2D eigenvalue weighted by molar-refractivity contribution is 0.100. The van der Waals surface area contributed by atoms with Gasteiger partial charge in [-0.05, 0) is 36.8 Å². The van der Waals surface area contributed by atoms with Crippen LogP contribution in [0.4, 0.5) is 10.1 Å². The first-order chi connectivity index (χ1) is 9.49. The minimum atomic E-state index is -0.662. The Morgan fingerprint density at radius 2 is 1.80 bits per heavy atom. The average Bonchev–Trinajstić information content (AvgIpc) is 2.38. The number of rotatable bonds is 3. The van der Waals surface area contributed by atoms with Crippen molar-refractivity contribution in [3.05, 3.63) is 65.0 Å². The van der Waals surface area contributed by atoms with Crippen LogP contribution in [0.3, 0.4) is 0 Å². The molecule has 2 aromatic rings. The second-order valence-corrected chi connectivity index (χ2v) is 4.35. The third-order valence-corrected chi connectivity index (χ3v) is 2.81. The molecule has 2 aromatic carbocycles. The van der Waals surface area contributed by atoms with Gasteiger partial charge in [-0.1, -0.05) is 18.2 Å². The summed E-state index contributed by atoms with van der Waals surface area (Å²) < 4.78 is 13.7. The van der Waals surface area contributed by atoms with Crippen molar-refractivity contribution in [2.24, 2.45) is 5.73 Å². The Balaban J connectivity index is 2.30. The van der Waals surface area contributed by atoms with Gasteiger partial charge in [-0.25, -0.2) is 4.39 Å². The quantitative estimate of drug-likeness (QED) is 0.901. The molecule has 0 bridgehead atoms. The van der Waals surface area contributed by atoms with E-state index in [1.165, 1.54) is 24.3 Å². The summed E-state index contributed by atoms with van der Waals surface area (Å²) in [5.41, 5.74) is 6.27. The van der Waals surface area contributed by atoms with E-state index in [1.54, 1.807) is 25.1 Å². The number of nitrogens with two attached hydrogens (primary N) is 1. The Hall–Kier alpha value is -2.69. The third-order valence-electron chi connectivity index (χ3n) is 2.81. The van der Waals surface area contributed by atoms with E-state index in [4.69, 9.17) is 5.73 Å². The van der Waals surface area contributed by atoms with Gasteiger partial charge in [-0.3, -0.25) is 9.59 Å². The van der Waals surface area contributed by atoms with Crippen molar-refractivity contribution in [3.8, 4) is 0 Å². The highest BCUT2D eigenvalue weighted by Crippen LogP contribution is 2.17. The van der Waals surface area contributed by atoms with Crippen molar-refractivity contribution < 1.29 is 14.0 Å². The first kappa shape index (κ1) is 13.7. The van der Waals surface area contributed by atoms with Gasteiger partial charge in [0.2, 0.25) is 0 Å². The van der Waals surface area contributed by atoms with Crippen molar-refractivity contribution in [3.63, 3.8) is 0 Å². The predicted octanol–water partition coefficient (Wildman–Crippen LogP) is 2.49. The summed E-state index contributed by atoms with van der Waals surface area (Å²) in [6, 6.07) is 10.6. The van der Waals surface area contributed by atoms with Crippen molar-refractivity contribution in [1.29, 1.82) is 0 Å². The van der Waals surface area contributed by atoms with Crippen LogP contribution in [0.1, 0.15) is 26.3 Å². The number of para-hydroxylation sites is 1. The number of amides is 2. The standard InChI is InChI=1S/C15H13FN2O2/c1-9-6-7-10(12(16)8-9)15(20)18-13-5-3-2-4-11(13)14(17)19/h2-8H,1H3,(H2,17,19)(H,18,20). The fourth-order valence-corrected chi connectivity index (χ4v) is 1.80. The number of benzene rings is 2. The van der Waals surface area contributed by atoms with Gasteiger partial charge >= 0.3 is 0 Å². The molecule has 0 saturated carbocycles. The number of halogens is 1. The zero-order valence-electron chi connectivity index (χ0n) is 10.8. The van der Waals surface area contributed by atoms with Crippen molar-refractivity contribution in [1.82, 2.24) is 0 Å². The van der Waals surface area contributed by atoms with Crippen LogP contribution in [-0.4, -0.2) is 11.8 Å². The Bertz CT molecular complexity index is 683. The Morgan fingerprint density at radius 1 is 1.10 bits per heavy atom. The van der Waals surface area contributed by atoms with Gasteiger partial charge in [0, 0.05) is 0 Å². The van der Waals surface area contributed by atoms with Crippen LogP contribution in [0, 0.1) is 12.7 Å². The van der Waals surface area contributed by atoms with Gasteiger partial charge in [-0.2, -0.15) is 0 Å². The van der Waals surface area contributed by atoms with Gasteiger partial charge in [0.05, 0.1) is 16.8 Å². The SMILES string of the molecule is Cc1ccc(C(=O)Nc2ccccc2C(N)=O)c(F)c1. The van der Waals surface area contributed by atoms with Crippen molar-refractivity contribution in [2.75, 3.05) is 5.32 Å². The monoisotopic (exact) mass is 272 g/mol. The molecular weight excluding hydrogens is 259 g/mol. The zero-order chi connectivity index (χ0) is 14.7. The number of aryl methyl sites for hydroxylation is 1. The lowest BCUT2D eigenvalue weighted by Gasteiger charge is -2.09. The number of hydrogen-bond donors (Lipinski definition) is 2. The maximum absolute atomic E-state index is 13.7. The number of hydrogen-bond acceptors (Lipinski definition) is 2. The summed E-state index contributed by atoms with van der Waals surface area (Å²) in [4.78, 5) is 23.3. The molecule has 2 amide bonds. The largest absolute Gasteiger partial charge is 0.366 e. The zero-order valence-corrected chi connectivity index (χ0v) is 10.8. The highest BCUT2D eigenvalue weighted by atomic mass is 19.1. The molecule has 4 nitrogen and oxygen atoms in total. The van der Waals surface area contributed by atoms with Crippen LogP contribution < -0.4 is 11.1 Å². The molecule has 0 aliphatic rings. The number of carbonyl (C=O) groups excluding carboxylic acids is 2. The van der Waals surface area contributed by atoms with Crippen LogP contribution in [0.15, 0.2) is 42.5 Å². The molecule has 20 heavy (non-hydrogen) atoms. The minimum absolute atomic E-state index is 0.0881. The molecule has 0 aliphatic carbocycles. The highest BCUT2D eigenvalue weighted by molar-refractivity contribution is 6.08. The molecule has 0 heterocycles. The molecular formula is C15H13FN2O2. The molecule has 2 rings (SSSR count). The average molecular weight is 272 g/mol. The molecule has 102 valence electrons. The van der Waals surface area contributed by atoms with E-state index in [0.29, 0.717) is 0 Å². The molecule has 5 heteroatoms. The topological polar surface area (TPSA) is 72.2 Å². The van der Waals surface area contributed by atoms with E-state index in [0.717, 1.165) is 5.56 Å². The number of nitrogens with one attached hydrogen (secondary N) is 1. The van der Waals surface area contributed by atoms with Crippen LogP contribution in [-0.2, 0) is 0 Å². The van der Waals surface area contributed by atoms with Crippen LogP contribution in [0.25, 0.3) is 0 Å². The molecule has 0 unspecified atom stereocenters. The first-order valence-corrected chi connectivity index (χ1v) is 5.95. The van der Waals surface area contributed by atoms with Crippen molar-refractivity contribution in [2.45, 2.75) is 6.92 Å². The maximum Gasteiger partial charge on any atom is 0.258 e. The van der Waals surface area contributed by atoms with Crippen molar-refractivity contribution >= 4 is 17.5 Å². The molecule has 0 aliphatic heterocycles. The van der Waals surface area contributed by atoms with Crippen LogP contribution in [0.2, 0.25) is 0 Å². The lowest BCUT2D eigenvalue weighted by Crippen LogP contribution is -2.19. The Kier molecular flexibility index (Phi) is 3.79. The molecule has 0 radical (unpaired) electrons. The van der Waals surface area contributed by atoms with Gasteiger partial charge in [0.15, 0.2) is 0 Å². The Labute approximate surface area is 115 Å². The molecule has 0 atom stereocenters. The summed E-state index contributed by atoms with van der Waals surface area (Å²) in [5.74, 6) is -1.90. The lowest BCUT2D eigenvalue weighted by atomic mass is 10.1. The van der Waals surface area contributed by atoms with E-state index >= 15 is 0 Å². The number of carbonyl (C=O) groups is 2. The highest BCUT2D eigenvalue weighted by Gasteiger charge is 2.14. The van der Waals surface area contributed by atoms with Gasteiger partial charge in [0.1, 0.15) is 5.82 Å². The first-order valence-electron chi connectivity index (χ1n) is 5.95. The Morgan fingerprint density at radius 3 is 2.45 bits per heavy atom. The number of anilines is 1. The maximum atomic E-state index is 13.7. The fourth-order valence-electron chi connectivity index (χ4n) is 1.80. The smallest absolute Gasteiger partial charge is 0.258 e. The third kappa shape index (κ3) is 2.83. The molecule has 0 spiro atoms. The minimum Gasteiger partial charge on any atom is -0.366 e. The van der Waals surface area contributed by atoms with Crippen LogP contribution in [0.5, 0.6) is 0 Å². The van der Waals surface area contributed by atoms with E-state index in [1.807, 2.05) is 0 Å². The van der Waals surface area contributed by atoms with Gasteiger partial charge in [0.25, 0.3) is 11.8 Å². The van der Waals surface area contributed by atoms with E-state index < -0.39 is 17.6 Å². The second-order valence-electron chi connectivity index (χ2n) is 4.35. The van der Waals surface area contributed by atoms with Gasteiger partial charge in [-0.15, -0.1) is 0 Å². The van der Waals surface area contributed by atoms with Gasteiger partial charge < -0.3 is 11.1 Å². The molecule has 0 saturated heterocycles. The summed E-state index contributed by atoms with van der Waals surface area (Å²) >= 11 is 0. The number of primary amides is 1. The summed E-state index contributed by atoms with van der Waals surface area (Å²) in [5, 5.41) is 2.49. The normalized spacial score (nSPS) is 10.1. The van der Waals surface area contributed by atoms with Crippen LogP contribution >= 0.6 is 0 Å². The fraction of sp³-hybridized carbons (Fsp3) is 0.0667. The summed E-state index contributed by atoms with van der Waals surface area (Å²) in [6.07, 6.45) is 0. The predicted molar refractivity (Wildman–Crippen MR) is 74.1 cm³/mol. The summed E-state index contributed by atoms with van der Waals surface area (Å²) in [7, 11) is 0.